The van der Waals surface area contributed by atoms with Gasteiger partial charge in [0, 0.05) is 4.70 Å². The maximum Gasteiger partial charge on any atom is 0.346 e. The molecule has 0 spiro atoms. The van der Waals surface area contributed by atoms with Crippen molar-refractivity contribution in [2.24, 2.45) is 0 Å². The van der Waals surface area contributed by atoms with E-state index in [0.717, 1.165) is 15.6 Å². The van der Waals surface area contributed by atoms with E-state index in [0.29, 0.717) is 4.88 Å². The van der Waals surface area contributed by atoms with Crippen molar-refractivity contribution < 1.29 is 9.90 Å². The lowest BCUT2D eigenvalue weighted by atomic mass is 9.85. The number of benzene rings is 1. The smallest absolute Gasteiger partial charge is 0.346 e. The molecule has 2 nitrogen and oxygen atoms in total. The Hall–Kier alpha value is -1.35. The van der Waals surface area contributed by atoms with Crippen molar-refractivity contribution in [1.82, 2.24) is 0 Å². The number of carbonyl (C=O) groups is 1. The largest absolute Gasteiger partial charge is 0.477 e. The number of fused-ring (bicyclic) bond motifs is 1. The molecule has 16 heavy (non-hydrogen) atoms. The monoisotopic (exact) mass is 234 g/mol. The van der Waals surface area contributed by atoms with Gasteiger partial charge in [0.1, 0.15) is 4.88 Å². The minimum atomic E-state index is -0.828. The zero-order valence-corrected chi connectivity index (χ0v) is 10.4. The van der Waals surface area contributed by atoms with E-state index in [1.165, 1.54) is 11.3 Å². The highest BCUT2D eigenvalue weighted by Gasteiger charge is 2.26. The summed E-state index contributed by atoms with van der Waals surface area (Å²) in [5, 5.41) is 10.3. The number of hydrogen-bond donors (Lipinski definition) is 1. The Kier molecular flexibility index (Phi) is 2.50. The van der Waals surface area contributed by atoms with Crippen LogP contribution in [0.15, 0.2) is 24.3 Å². The zero-order chi connectivity index (χ0) is 11.9. The molecule has 0 aliphatic rings. The van der Waals surface area contributed by atoms with Gasteiger partial charge in [0.2, 0.25) is 0 Å². The Balaban J connectivity index is 2.85. The Morgan fingerprint density at radius 3 is 2.44 bits per heavy atom. The number of carboxylic acids is 1. The van der Waals surface area contributed by atoms with Crippen LogP contribution in [0.3, 0.4) is 0 Å². The molecule has 84 valence electrons. The van der Waals surface area contributed by atoms with E-state index in [4.69, 9.17) is 0 Å². The summed E-state index contributed by atoms with van der Waals surface area (Å²) in [6.07, 6.45) is 0. The lowest BCUT2D eigenvalue weighted by Crippen LogP contribution is -2.14. The maximum absolute atomic E-state index is 11.2. The fourth-order valence-electron chi connectivity index (χ4n) is 1.94. The molecule has 0 aliphatic heterocycles. The average molecular weight is 234 g/mol. The number of aromatic carboxylic acids is 1. The molecular formula is C13H14O2S. The summed E-state index contributed by atoms with van der Waals surface area (Å²) < 4.78 is 1.05. The van der Waals surface area contributed by atoms with Crippen molar-refractivity contribution >= 4 is 27.4 Å². The molecule has 1 aromatic heterocycles. The third-order valence-corrected chi connectivity index (χ3v) is 3.70. The first kappa shape index (κ1) is 11.1. The third-order valence-electron chi connectivity index (χ3n) is 2.54. The van der Waals surface area contributed by atoms with Gasteiger partial charge in [-0.1, -0.05) is 39.0 Å². The normalized spacial score (nSPS) is 11.9. The van der Waals surface area contributed by atoms with E-state index in [2.05, 4.69) is 0 Å². The Labute approximate surface area is 98.5 Å². The second kappa shape index (κ2) is 3.59. The van der Waals surface area contributed by atoms with Gasteiger partial charge in [-0.2, -0.15) is 0 Å². The first-order valence-electron chi connectivity index (χ1n) is 5.16. The average Bonchev–Trinajstić information content (AvgIpc) is 2.55. The fraction of sp³-hybridized carbons (Fsp3) is 0.308. The fourth-order valence-corrected chi connectivity index (χ4v) is 3.19. The predicted octanol–water partition coefficient (Wildman–Crippen LogP) is 3.90. The van der Waals surface area contributed by atoms with Crippen LogP contribution >= 0.6 is 11.3 Å². The molecule has 3 heteroatoms. The molecule has 0 saturated heterocycles. The molecule has 0 atom stereocenters. The van der Waals surface area contributed by atoms with E-state index in [-0.39, 0.29) is 5.41 Å². The molecule has 1 aromatic carbocycles. The van der Waals surface area contributed by atoms with Gasteiger partial charge in [-0.15, -0.1) is 11.3 Å². The van der Waals surface area contributed by atoms with Gasteiger partial charge >= 0.3 is 5.97 Å². The summed E-state index contributed by atoms with van der Waals surface area (Å²) in [6, 6.07) is 7.87. The van der Waals surface area contributed by atoms with Gasteiger partial charge in [0.15, 0.2) is 0 Å². The van der Waals surface area contributed by atoms with Gasteiger partial charge in [0.25, 0.3) is 0 Å². The van der Waals surface area contributed by atoms with Crippen molar-refractivity contribution in [2.45, 2.75) is 26.2 Å². The number of thiophene rings is 1. The number of carboxylic acid groups (broad SMARTS) is 1. The minimum Gasteiger partial charge on any atom is -0.477 e. The van der Waals surface area contributed by atoms with Crippen LogP contribution in [-0.2, 0) is 5.41 Å². The summed E-state index contributed by atoms with van der Waals surface area (Å²) >= 11 is 1.36. The molecule has 0 saturated carbocycles. The van der Waals surface area contributed by atoms with E-state index in [1.807, 2.05) is 45.0 Å². The molecule has 0 aliphatic carbocycles. The van der Waals surface area contributed by atoms with Crippen molar-refractivity contribution in [3.8, 4) is 0 Å². The summed E-state index contributed by atoms with van der Waals surface area (Å²) in [5.41, 5.74) is 0.799. The minimum absolute atomic E-state index is 0.146. The molecule has 2 aromatic rings. The van der Waals surface area contributed by atoms with Crippen LogP contribution in [-0.4, -0.2) is 11.1 Å². The molecule has 0 fully saturated rings. The second-order valence-electron chi connectivity index (χ2n) is 4.86. The molecular weight excluding hydrogens is 220 g/mol. The summed E-state index contributed by atoms with van der Waals surface area (Å²) in [6.45, 7) is 6.15. The van der Waals surface area contributed by atoms with Crippen molar-refractivity contribution in [3.05, 3.63) is 34.7 Å². The Bertz CT molecular complexity index is 547. The van der Waals surface area contributed by atoms with E-state index in [9.17, 15) is 9.90 Å². The summed E-state index contributed by atoms with van der Waals surface area (Å²) in [7, 11) is 0. The van der Waals surface area contributed by atoms with Gasteiger partial charge in [-0.3, -0.25) is 0 Å². The van der Waals surface area contributed by atoms with Gasteiger partial charge in [-0.25, -0.2) is 4.79 Å². The van der Waals surface area contributed by atoms with Crippen LogP contribution in [0, 0.1) is 0 Å². The second-order valence-corrected chi connectivity index (χ2v) is 5.91. The molecule has 0 amide bonds. The Morgan fingerprint density at radius 1 is 1.25 bits per heavy atom. The van der Waals surface area contributed by atoms with Crippen LogP contribution in [0.25, 0.3) is 10.1 Å². The first-order chi connectivity index (χ1) is 7.41. The highest BCUT2D eigenvalue weighted by atomic mass is 32.1. The van der Waals surface area contributed by atoms with Crippen LogP contribution in [0.1, 0.15) is 36.0 Å². The highest BCUT2D eigenvalue weighted by molar-refractivity contribution is 7.21. The predicted molar refractivity (Wildman–Crippen MR) is 67.5 cm³/mol. The molecule has 2 rings (SSSR count). The number of hydrogen-bond acceptors (Lipinski definition) is 2. The lowest BCUT2D eigenvalue weighted by molar-refractivity contribution is 0.0700. The zero-order valence-electron chi connectivity index (χ0n) is 9.57. The van der Waals surface area contributed by atoms with Crippen molar-refractivity contribution in [2.75, 3.05) is 0 Å². The van der Waals surface area contributed by atoms with E-state index < -0.39 is 5.97 Å². The molecule has 0 bridgehead atoms. The molecule has 0 radical (unpaired) electrons. The topological polar surface area (TPSA) is 37.3 Å². The Morgan fingerprint density at radius 2 is 1.88 bits per heavy atom. The van der Waals surface area contributed by atoms with E-state index in [1.54, 1.807) is 0 Å². The molecule has 1 N–H and O–H groups in total. The third kappa shape index (κ3) is 1.71. The lowest BCUT2D eigenvalue weighted by Gasteiger charge is -2.19. The van der Waals surface area contributed by atoms with Crippen molar-refractivity contribution in [3.63, 3.8) is 0 Å². The summed E-state index contributed by atoms with van der Waals surface area (Å²) in [5.74, 6) is -0.828. The van der Waals surface area contributed by atoms with Gasteiger partial charge < -0.3 is 5.11 Å². The van der Waals surface area contributed by atoms with Crippen LogP contribution < -0.4 is 0 Å². The molecule has 1 heterocycles. The van der Waals surface area contributed by atoms with Gasteiger partial charge in [0.05, 0.1) is 0 Å². The maximum atomic E-state index is 11.2. The number of rotatable bonds is 1. The van der Waals surface area contributed by atoms with Gasteiger partial charge in [-0.05, 0) is 22.4 Å². The van der Waals surface area contributed by atoms with E-state index >= 15 is 0 Å². The highest BCUT2D eigenvalue weighted by Crippen LogP contribution is 2.38. The SMILES string of the molecule is CC(C)(C)c1c(C(=O)O)sc2ccccc12. The summed E-state index contributed by atoms with van der Waals surface area (Å²) in [4.78, 5) is 11.7. The quantitative estimate of drug-likeness (QED) is 0.812. The first-order valence-corrected chi connectivity index (χ1v) is 5.98. The van der Waals surface area contributed by atoms with Crippen molar-refractivity contribution in [1.29, 1.82) is 0 Å². The van der Waals surface area contributed by atoms with Crippen LogP contribution in [0.4, 0.5) is 0 Å². The van der Waals surface area contributed by atoms with Crippen LogP contribution in [0.5, 0.6) is 0 Å². The molecule has 0 unspecified atom stereocenters. The van der Waals surface area contributed by atoms with Crippen LogP contribution in [0.2, 0.25) is 0 Å². The standard InChI is InChI=1S/C13H14O2S/c1-13(2,3)10-8-6-4-5-7-9(8)16-11(10)12(14)15/h4-7H,1-3H3,(H,14,15).